The van der Waals surface area contributed by atoms with Crippen LogP contribution in [0.2, 0.25) is 0 Å². The fourth-order valence-electron chi connectivity index (χ4n) is 3.22. The molecular formula is C13H23N. The summed E-state index contributed by atoms with van der Waals surface area (Å²) in [6.45, 7) is 4.87. The number of allylic oxidation sites excluding steroid dienone is 2. The summed E-state index contributed by atoms with van der Waals surface area (Å²) in [4.78, 5) is 0. The molecule has 80 valence electrons. The molecule has 14 heavy (non-hydrogen) atoms. The largest absolute Gasteiger partial charge is 0.316 e. The van der Waals surface area contributed by atoms with Gasteiger partial charge in [-0.25, -0.2) is 0 Å². The van der Waals surface area contributed by atoms with Crippen LogP contribution in [0.15, 0.2) is 12.2 Å². The van der Waals surface area contributed by atoms with E-state index >= 15 is 0 Å². The van der Waals surface area contributed by atoms with Crippen LogP contribution in [0.1, 0.15) is 39.0 Å². The molecule has 0 saturated carbocycles. The van der Waals surface area contributed by atoms with E-state index in [1.54, 1.807) is 0 Å². The molecule has 0 spiro atoms. The Bertz CT molecular complexity index is 197. The Morgan fingerprint density at radius 2 is 2.21 bits per heavy atom. The predicted molar refractivity (Wildman–Crippen MR) is 61.2 cm³/mol. The van der Waals surface area contributed by atoms with E-state index in [0.717, 1.165) is 17.8 Å². The molecule has 0 radical (unpaired) electrons. The molecule has 1 aliphatic carbocycles. The Morgan fingerprint density at radius 3 is 2.93 bits per heavy atom. The molecule has 1 heterocycles. The normalized spacial score (nSPS) is 38.5. The minimum absolute atomic E-state index is 0.945. The van der Waals surface area contributed by atoms with Crippen molar-refractivity contribution in [3.8, 4) is 0 Å². The Balaban J connectivity index is 1.95. The highest BCUT2D eigenvalue weighted by Gasteiger charge is 2.30. The molecule has 0 amide bonds. The van der Waals surface area contributed by atoms with Crippen LogP contribution in [-0.4, -0.2) is 13.1 Å². The second kappa shape index (κ2) is 4.97. The van der Waals surface area contributed by atoms with Crippen molar-refractivity contribution in [1.29, 1.82) is 0 Å². The molecule has 1 nitrogen and oxygen atoms in total. The average Bonchev–Trinajstić information content (AvgIpc) is 2.30. The SMILES string of the molecule is CCC1CNCCC1C1CC=CCC1. The third kappa shape index (κ3) is 2.20. The van der Waals surface area contributed by atoms with Crippen molar-refractivity contribution in [2.75, 3.05) is 13.1 Å². The molecular weight excluding hydrogens is 170 g/mol. The monoisotopic (exact) mass is 193 g/mol. The van der Waals surface area contributed by atoms with Crippen molar-refractivity contribution >= 4 is 0 Å². The number of hydrogen-bond acceptors (Lipinski definition) is 1. The molecule has 0 aromatic heterocycles. The summed E-state index contributed by atoms with van der Waals surface area (Å²) in [6, 6.07) is 0. The molecule has 2 aliphatic rings. The molecule has 0 aromatic rings. The van der Waals surface area contributed by atoms with Crippen molar-refractivity contribution in [2.45, 2.75) is 39.0 Å². The second-order valence-corrected chi connectivity index (χ2v) is 4.87. The third-order valence-electron chi connectivity index (χ3n) is 4.11. The van der Waals surface area contributed by atoms with Gasteiger partial charge in [0.2, 0.25) is 0 Å². The highest BCUT2D eigenvalue weighted by atomic mass is 14.9. The van der Waals surface area contributed by atoms with E-state index in [4.69, 9.17) is 0 Å². The maximum absolute atomic E-state index is 3.54. The fourth-order valence-corrected chi connectivity index (χ4v) is 3.22. The van der Waals surface area contributed by atoms with Crippen LogP contribution in [0.25, 0.3) is 0 Å². The van der Waals surface area contributed by atoms with Crippen LogP contribution in [0, 0.1) is 17.8 Å². The van der Waals surface area contributed by atoms with E-state index in [1.807, 2.05) is 0 Å². The van der Waals surface area contributed by atoms with E-state index in [2.05, 4.69) is 24.4 Å². The Labute approximate surface area is 88.0 Å². The summed E-state index contributed by atoms with van der Waals surface area (Å²) in [6.07, 6.45) is 11.7. The van der Waals surface area contributed by atoms with Crippen molar-refractivity contribution in [3.05, 3.63) is 12.2 Å². The maximum Gasteiger partial charge on any atom is -0.00179 e. The molecule has 3 atom stereocenters. The highest BCUT2D eigenvalue weighted by molar-refractivity contribution is 4.94. The smallest absolute Gasteiger partial charge is 0.00179 e. The van der Waals surface area contributed by atoms with Gasteiger partial charge in [-0.1, -0.05) is 25.5 Å². The molecule has 1 aliphatic heterocycles. The predicted octanol–water partition coefficient (Wildman–Crippen LogP) is 2.98. The van der Waals surface area contributed by atoms with Gasteiger partial charge in [0.25, 0.3) is 0 Å². The minimum Gasteiger partial charge on any atom is -0.316 e. The zero-order valence-corrected chi connectivity index (χ0v) is 9.34. The second-order valence-electron chi connectivity index (χ2n) is 4.87. The van der Waals surface area contributed by atoms with Gasteiger partial charge in [-0.05, 0) is 56.5 Å². The summed E-state index contributed by atoms with van der Waals surface area (Å²) >= 11 is 0. The molecule has 1 N–H and O–H groups in total. The first-order valence-electron chi connectivity index (χ1n) is 6.27. The summed E-state index contributed by atoms with van der Waals surface area (Å²) in [5.74, 6) is 2.94. The van der Waals surface area contributed by atoms with Crippen LogP contribution in [0.5, 0.6) is 0 Å². The zero-order valence-electron chi connectivity index (χ0n) is 9.34. The van der Waals surface area contributed by atoms with Crippen molar-refractivity contribution in [2.24, 2.45) is 17.8 Å². The quantitative estimate of drug-likeness (QED) is 0.665. The van der Waals surface area contributed by atoms with Gasteiger partial charge >= 0.3 is 0 Å². The summed E-state index contributed by atoms with van der Waals surface area (Å²) in [5.41, 5.74) is 0. The maximum atomic E-state index is 3.54. The first-order chi connectivity index (χ1) is 6.92. The number of rotatable bonds is 2. The topological polar surface area (TPSA) is 12.0 Å². The first kappa shape index (κ1) is 10.2. The lowest BCUT2D eigenvalue weighted by molar-refractivity contribution is 0.160. The molecule has 3 unspecified atom stereocenters. The Kier molecular flexibility index (Phi) is 3.63. The van der Waals surface area contributed by atoms with Crippen LogP contribution in [0.3, 0.4) is 0 Å². The first-order valence-corrected chi connectivity index (χ1v) is 6.27. The van der Waals surface area contributed by atoms with Gasteiger partial charge in [-0.2, -0.15) is 0 Å². The fraction of sp³-hybridized carbons (Fsp3) is 0.846. The Hall–Kier alpha value is -0.300. The van der Waals surface area contributed by atoms with Crippen LogP contribution < -0.4 is 5.32 Å². The van der Waals surface area contributed by atoms with Gasteiger partial charge in [0.15, 0.2) is 0 Å². The van der Waals surface area contributed by atoms with Crippen LogP contribution >= 0.6 is 0 Å². The number of piperidine rings is 1. The molecule has 1 saturated heterocycles. The summed E-state index contributed by atoms with van der Waals surface area (Å²) < 4.78 is 0. The van der Waals surface area contributed by atoms with Crippen LogP contribution in [0.4, 0.5) is 0 Å². The van der Waals surface area contributed by atoms with Gasteiger partial charge in [0.05, 0.1) is 0 Å². The van der Waals surface area contributed by atoms with Gasteiger partial charge in [0, 0.05) is 0 Å². The molecule has 1 heteroatoms. The standard InChI is InChI=1S/C13H23N/c1-2-11-10-14-9-8-13(11)12-6-4-3-5-7-12/h3-4,11-14H,2,5-10H2,1H3. The van der Waals surface area contributed by atoms with Crippen molar-refractivity contribution in [3.63, 3.8) is 0 Å². The van der Waals surface area contributed by atoms with Gasteiger partial charge in [0.1, 0.15) is 0 Å². The van der Waals surface area contributed by atoms with Crippen LogP contribution in [-0.2, 0) is 0 Å². The minimum atomic E-state index is 0.945. The van der Waals surface area contributed by atoms with Gasteiger partial charge in [-0.15, -0.1) is 0 Å². The van der Waals surface area contributed by atoms with E-state index in [1.165, 1.54) is 45.2 Å². The average molecular weight is 193 g/mol. The molecule has 1 fully saturated rings. The van der Waals surface area contributed by atoms with E-state index in [9.17, 15) is 0 Å². The molecule has 0 aromatic carbocycles. The van der Waals surface area contributed by atoms with E-state index in [-0.39, 0.29) is 0 Å². The van der Waals surface area contributed by atoms with Gasteiger partial charge in [-0.3, -0.25) is 0 Å². The summed E-state index contributed by atoms with van der Waals surface area (Å²) in [5, 5.41) is 3.54. The van der Waals surface area contributed by atoms with Gasteiger partial charge < -0.3 is 5.32 Å². The number of hydrogen-bond donors (Lipinski definition) is 1. The lowest BCUT2D eigenvalue weighted by atomic mass is 9.72. The molecule has 2 rings (SSSR count). The highest BCUT2D eigenvalue weighted by Crippen LogP contribution is 2.35. The number of nitrogens with one attached hydrogen (secondary N) is 1. The summed E-state index contributed by atoms with van der Waals surface area (Å²) in [7, 11) is 0. The third-order valence-corrected chi connectivity index (χ3v) is 4.11. The lowest BCUT2D eigenvalue weighted by Gasteiger charge is -2.38. The van der Waals surface area contributed by atoms with E-state index < -0.39 is 0 Å². The van der Waals surface area contributed by atoms with Crippen molar-refractivity contribution in [1.82, 2.24) is 5.32 Å². The zero-order chi connectivity index (χ0) is 9.80. The van der Waals surface area contributed by atoms with Crippen molar-refractivity contribution < 1.29 is 0 Å². The molecule has 0 bridgehead atoms. The van der Waals surface area contributed by atoms with E-state index in [0.29, 0.717) is 0 Å². The lowest BCUT2D eigenvalue weighted by Crippen LogP contribution is -2.39. The Morgan fingerprint density at radius 1 is 1.29 bits per heavy atom.